The lowest BCUT2D eigenvalue weighted by Gasteiger charge is -2.09. The third-order valence-corrected chi connectivity index (χ3v) is 5.86. The molecule has 4 rings (SSSR count). The average molecular weight is 393 g/mol. The third kappa shape index (κ3) is 3.28. The molecule has 0 spiro atoms. The van der Waals surface area contributed by atoms with Gasteiger partial charge in [-0.05, 0) is 49.4 Å². The highest BCUT2D eigenvalue weighted by atomic mass is 32.1. The zero-order valence-corrected chi connectivity index (χ0v) is 15.5. The fourth-order valence-corrected chi connectivity index (χ4v) is 4.47. The molecule has 1 aliphatic carbocycles. The third-order valence-electron chi connectivity index (χ3n) is 4.66. The number of non-ortho nitro benzene ring substituents is 1. The summed E-state index contributed by atoms with van der Waals surface area (Å²) in [6, 6.07) is 9.30. The molecule has 2 aromatic heterocycles. The summed E-state index contributed by atoms with van der Waals surface area (Å²) in [5.41, 5.74) is 1.85. The van der Waals surface area contributed by atoms with Crippen molar-refractivity contribution in [2.45, 2.75) is 25.7 Å². The van der Waals surface area contributed by atoms with Crippen molar-refractivity contribution in [3.05, 3.63) is 62.2 Å². The molecule has 0 saturated carbocycles. The maximum Gasteiger partial charge on any atom is 0.270 e. The molecule has 140 valence electrons. The number of nitriles is 1. The molecule has 0 atom stereocenters. The number of fused-ring (bicyclic) bond motifs is 1. The van der Waals surface area contributed by atoms with Gasteiger partial charge in [-0.25, -0.2) is 4.99 Å². The van der Waals surface area contributed by atoms with E-state index in [2.05, 4.69) is 11.1 Å². The molecular weight excluding hydrogens is 378 g/mol. The standard InChI is InChI=1S/C20H15N3O4S/c21-10-16-14-3-1-2-4-19(14)28-20(16)22-11-13-6-8-18(27-13)15-9-12(23(25)26)5-7-17(15)24/h5-9,11,24H,1-4H2/b22-11+. The number of benzene rings is 1. The van der Waals surface area contributed by atoms with Crippen molar-refractivity contribution in [1.82, 2.24) is 0 Å². The summed E-state index contributed by atoms with van der Waals surface area (Å²) in [5, 5.41) is 31.1. The highest BCUT2D eigenvalue weighted by Gasteiger charge is 2.20. The van der Waals surface area contributed by atoms with E-state index in [0.29, 0.717) is 22.1 Å². The van der Waals surface area contributed by atoms with Crippen LogP contribution in [0.25, 0.3) is 11.3 Å². The van der Waals surface area contributed by atoms with Crippen molar-refractivity contribution in [1.29, 1.82) is 5.26 Å². The molecule has 0 unspecified atom stereocenters. The van der Waals surface area contributed by atoms with Crippen LogP contribution < -0.4 is 0 Å². The lowest BCUT2D eigenvalue weighted by Crippen LogP contribution is -1.99. The maximum absolute atomic E-state index is 11.0. The second-order valence-electron chi connectivity index (χ2n) is 6.42. The second kappa shape index (κ2) is 7.29. The molecule has 28 heavy (non-hydrogen) atoms. The largest absolute Gasteiger partial charge is 0.507 e. The Kier molecular flexibility index (Phi) is 4.67. The number of phenols is 1. The highest BCUT2D eigenvalue weighted by molar-refractivity contribution is 7.16. The number of thiophene rings is 1. The van der Waals surface area contributed by atoms with E-state index in [-0.39, 0.29) is 17.0 Å². The molecule has 3 aromatic rings. The number of phenolic OH excluding ortho intramolecular Hbond substituents is 1. The van der Waals surface area contributed by atoms with Gasteiger partial charge in [0.25, 0.3) is 5.69 Å². The highest BCUT2D eigenvalue weighted by Crippen LogP contribution is 2.39. The van der Waals surface area contributed by atoms with Crippen LogP contribution in [0.15, 0.2) is 39.7 Å². The average Bonchev–Trinajstić information content (AvgIpc) is 3.30. The number of furan rings is 1. The predicted molar refractivity (Wildman–Crippen MR) is 105 cm³/mol. The maximum atomic E-state index is 11.0. The summed E-state index contributed by atoms with van der Waals surface area (Å²) in [4.78, 5) is 16.1. The number of hydrogen-bond donors (Lipinski definition) is 1. The number of rotatable bonds is 4. The molecule has 0 radical (unpaired) electrons. The van der Waals surface area contributed by atoms with Crippen LogP contribution >= 0.6 is 11.3 Å². The first-order valence-electron chi connectivity index (χ1n) is 8.73. The SMILES string of the molecule is N#Cc1c(/N=C/c2ccc(-c3cc([N+](=O)[O-])ccc3O)o2)sc2c1CCCC2. The van der Waals surface area contributed by atoms with Crippen molar-refractivity contribution in [3.8, 4) is 23.1 Å². The molecule has 7 nitrogen and oxygen atoms in total. The van der Waals surface area contributed by atoms with Gasteiger partial charge in [0, 0.05) is 17.0 Å². The molecule has 8 heteroatoms. The summed E-state index contributed by atoms with van der Waals surface area (Å²) in [6.45, 7) is 0. The van der Waals surface area contributed by atoms with Crippen LogP contribution in [-0.4, -0.2) is 16.2 Å². The normalized spacial score (nSPS) is 13.4. The number of aliphatic imine (C=N–C) groups is 1. The van der Waals surface area contributed by atoms with Gasteiger partial charge in [0.05, 0.1) is 22.3 Å². The Labute approximate surface area is 164 Å². The first kappa shape index (κ1) is 17.9. The van der Waals surface area contributed by atoms with Gasteiger partial charge in [0.2, 0.25) is 0 Å². The molecule has 1 aliphatic rings. The van der Waals surface area contributed by atoms with Crippen LogP contribution in [0, 0.1) is 21.4 Å². The molecule has 0 aliphatic heterocycles. The van der Waals surface area contributed by atoms with E-state index in [4.69, 9.17) is 4.42 Å². The number of nitro groups is 1. The lowest BCUT2D eigenvalue weighted by atomic mass is 9.96. The minimum Gasteiger partial charge on any atom is -0.507 e. The van der Waals surface area contributed by atoms with Crippen molar-refractivity contribution in [2.24, 2.45) is 4.99 Å². The van der Waals surface area contributed by atoms with E-state index in [0.717, 1.165) is 31.2 Å². The molecular formula is C20H15N3O4S. The van der Waals surface area contributed by atoms with Gasteiger partial charge < -0.3 is 9.52 Å². The summed E-state index contributed by atoms with van der Waals surface area (Å²) in [5.74, 6) is 0.617. The van der Waals surface area contributed by atoms with Crippen LogP contribution in [0.5, 0.6) is 5.75 Å². The Hall–Kier alpha value is -3.44. The van der Waals surface area contributed by atoms with E-state index in [1.165, 1.54) is 40.6 Å². The Morgan fingerprint density at radius 3 is 2.89 bits per heavy atom. The number of nitrogens with zero attached hydrogens (tertiary/aromatic N) is 3. The van der Waals surface area contributed by atoms with Crippen LogP contribution in [0.2, 0.25) is 0 Å². The minimum absolute atomic E-state index is 0.110. The number of hydrogen-bond acceptors (Lipinski definition) is 7. The molecule has 1 aromatic carbocycles. The van der Waals surface area contributed by atoms with E-state index < -0.39 is 4.92 Å². The van der Waals surface area contributed by atoms with E-state index in [9.17, 15) is 20.5 Å². The number of nitro benzene ring substituents is 1. The molecule has 0 fully saturated rings. The van der Waals surface area contributed by atoms with E-state index in [1.807, 2.05) is 0 Å². The summed E-state index contributed by atoms with van der Waals surface area (Å²) >= 11 is 1.54. The van der Waals surface area contributed by atoms with Crippen LogP contribution in [0.4, 0.5) is 10.7 Å². The summed E-state index contributed by atoms with van der Waals surface area (Å²) < 4.78 is 5.67. The molecule has 0 saturated heterocycles. The minimum atomic E-state index is -0.532. The lowest BCUT2D eigenvalue weighted by molar-refractivity contribution is -0.384. The fraction of sp³-hybridized carbons (Fsp3) is 0.200. The summed E-state index contributed by atoms with van der Waals surface area (Å²) in [6.07, 6.45) is 5.66. The van der Waals surface area contributed by atoms with Crippen molar-refractivity contribution < 1.29 is 14.4 Å². The number of aromatic hydroxyl groups is 1. The van der Waals surface area contributed by atoms with Crippen LogP contribution in [0.3, 0.4) is 0 Å². The van der Waals surface area contributed by atoms with Gasteiger partial charge in [-0.2, -0.15) is 5.26 Å². The van der Waals surface area contributed by atoms with E-state index in [1.54, 1.807) is 12.1 Å². The monoisotopic (exact) mass is 393 g/mol. The second-order valence-corrected chi connectivity index (χ2v) is 7.51. The van der Waals surface area contributed by atoms with Crippen LogP contribution in [-0.2, 0) is 12.8 Å². The molecule has 0 bridgehead atoms. The van der Waals surface area contributed by atoms with Crippen molar-refractivity contribution in [3.63, 3.8) is 0 Å². The summed E-state index contributed by atoms with van der Waals surface area (Å²) in [7, 11) is 0. The Morgan fingerprint density at radius 1 is 1.29 bits per heavy atom. The van der Waals surface area contributed by atoms with Gasteiger partial charge in [-0.15, -0.1) is 11.3 Å². The van der Waals surface area contributed by atoms with Gasteiger partial charge >= 0.3 is 0 Å². The first-order valence-corrected chi connectivity index (χ1v) is 9.55. The van der Waals surface area contributed by atoms with E-state index >= 15 is 0 Å². The molecule has 2 heterocycles. The first-order chi connectivity index (χ1) is 13.6. The van der Waals surface area contributed by atoms with Gasteiger partial charge in [0.15, 0.2) is 0 Å². The quantitative estimate of drug-likeness (QED) is 0.375. The van der Waals surface area contributed by atoms with Gasteiger partial charge in [-0.3, -0.25) is 10.1 Å². The topological polar surface area (TPSA) is 113 Å². The molecule has 1 N–H and O–H groups in total. The Balaban J connectivity index is 1.63. The smallest absolute Gasteiger partial charge is 0.270 e. The predicted octanol–water partition coefficient (Wildman–Crippen LogP) is 5.12. The Bertz CT molecular complexity index is 1140. The van der Waals surface area contributed by atoms with Gasteiger partial charge in [-0.1, -0.05) is 0 Å². The van der Waals surface area contributed by atoms with Gasteiger partial charge in [0.1, 0.15) is 28.3 Å². The van der Waals surface area contributed by atoms with Crippen molar-refractivity contribution >= 4 is 28.2 Å². The zero-order valence-electron chi connectivity index (χ0n) is 14.7. The van der Waals surface area contributed by atoms with Crippen LogP contribution in [0.1, 0.15) is 34.6 Å². The van der Waals surface area contributed by atoms with Crippen molar-refractivity contribution in [2.75, 3.05) is 0 Å². The fourth-order valence-electron chi connectivity index (χ4n) is 3.28. The zero-order chi connectivity index (χ0) is 19.7. The Morgan fingerprint density at radius 2 is 2.11 bits per heavy atom. The number of aryl methyl sites for hydroxylation is 1. The molecule has 0 amide bonds.